The predicted molar refractivity (Wildman–Crippen MR) is 79.7 cm³/mol. The molecule has 0 aliphatic carbocycles. The number of rotatable bonds is 3. The molecule has 4 nitrogen and oxygen atoms in total. The molecule has 0 unspecified atom stereocenters. The van der Waals surface area contributed by atoms with Crippen molar-refractivity contribution in [3.63, 3.8) is 0 Å². The second-order valence-corrected chi connectivity index (χ2v) is 5.69. The molecule has 19 heavy (non-hydrogen) atoms. The fourth-order valence-electron chi connectivity index (χ4n) is 1.92. The molecule has 0 aliphatic rings. The van der Waals surface area contributed by atoms with Crippen LogP contribution >= 0.6 is 11.3 Å². The summed E-state index contributed by atoms with van der Waals surface area (Å²) in [6, 6.07) is 7.82. The zero-order valence-electron chi connectivity index (χ0n) is 11.2. The summed E-state index contributed by atoms with van der Waals surface area (Å²) in [6.07, 6.45) is 0. The molecule has 1 heterocycles. The Labute approximate surface area is 116 Å². The lowest BCUT2D eigenvalue weighted by Gasteiger charge is -2.13. The molecule has 1 amide bonds. The number of anilines is 2. The Morgan fingerprint density at radius 1 is 1.37 bits per heavy atom. The van der Waals surface area contributed by atoms with E-state index in [1.54, 1.807) is 6.92 Å². The number of hydrogen-bond acceptors (Lipinski definition) is 4. The van der Waals surface area contributed by atoms with Crippen LogP contribution in [0.3, 0.4) is 0 Å². The van der Waals surface area contributed by atoms with Gasteiger partial charge in [0.25, 0.3) is 5.91 Å². The minimum atomic E-state index is -0.153. The fraction of sp³-hybridized carbons (Fsp3) is 0.286. The van der Waals surface area contributed by atoms with Crippen molar-refractivity contribution in [1.82, 2.24) is 4.98 Å². The Balaban J connectivity index is 2.27. The van der Waals surface area contributed by atoms with Gasteiger partial charge in [-0.1, -0.05) is 43.4 Å². The number of nitrogen functional groups attached to an aromatic ring is 1. The number of aryl methyl sites for hydroxylation is 1. The number of nitrogens with zero attached hydrogens (tertiary/aromatic N) is 1. The number of aromatic nitrogens is 1. The van der Waals surface area contributed by atoms with Gasteiger partial charge in [0.15, 0.2) is 5.13 Å². The van der Waals surface area contributed by atoms with Gasteiger partial charge in [0.2, 0.25) is 0 Å². The summed E-state index contributed by atoms with van der Waals surface area (Å²) in [5, 5.41) is 3.35. The lowest BCUT2D eigenvalue weighted by atomic mass is 10.0. The zero-order valence-corrected chi connectivity index (χ0v) is 12.0. The smallest absolute Gasteiger partial charge is 0.267 e. The quantitative estimate of drug-likeness (QED) is 0.902. The topological polar surface area (TPSA) is 68.0 Å². The van der Waals surface area contributed by atoms with Gasteiger partial charge in [-0.3, -0.25) is 4.79 Å². The first-order valence-corrected chi connectivity index (χ1v) is 6.94. The monoisotopic (exact) mass is 275 g/mol. The van der Waals surface area contributed by atoms with Crippen LogP contribution < -0.4 is 11.1 Å². The maximum atomic E-state index is 12.2. The molecular weight excluding hydrogens is 258 g/mol. The van der Waals surface area contributed by atoms with Crippen LogP contribution in [0.15, 0.2) is 24.3 Å². The van der Waals surface area contributed by atoms with Crippen molar-refractivity contribution < 1.29 is 4.79 Å². The summed E-state index contributed by atoms with van der Waals surface area (Å²) in [4.78, 5) is 16.9. The van der Waals surface area contributed by atoms with Crippen LogP contribution in [0, 0.1) is 6.92 Å². The normalized spacial score (nSPS) is 10.7. The number of nitrogens with two attached hydrogens (primary N) is 1. The first-order chi connectivity index (χ1) is 8.99. The maximum Gasteiger partial charge on any atom is 0.267 e. The summed E-state index contributed by atoms with van der Waals surface area (Å²) in [6.45, 7) is 5.98. The summed E-state index contributed by atoms with van der Waals surface area (Å²) in [5.41, 5.74) is 8.24. The largest absolute Gasteiger partial charge is 0.375 e. The Morgan fingerprint density at radius 2 is 2.05 bits per heavy atom. The van der Waals surface area contributed by atoms with Gasteiger partial charge < -0.3 is 11.1 Å². The molecular formula is C14H17N3OS. The summed E-state index contributed by atoms with van der Waals surface area (Å²) in [7, 11) is 0. The Hall–Kier alpha value is -1.88. The molecule has 1 aromatic heterocycles. The zero-order chi connectivity index (χ0) is 14.0. The van der Waals surface area contributed by atoms with Crippen molar-refractivity contribution in [2.24, 2.45) is 0 Å². The fourth-order valence-corrected chi connectivity index (χ4v) is 2.65. The highest BCUT2D eigenvalue weighted by Crippen LogP contribution is 2.26. The van der Waals surface area contributed by atoms with Crippen LogP contribution in [0.4, 0.5) is 10.8 Å². The van der Waals surface area contributed by atoms with E-state index in [2.05, 4.69) is 24.1 Å². The predicted octanol–water partition coefficient (Wildman–Crippen LogP) is 3.41. The molecule has 0 fully saturated rings. The van der Waals surface area contributed by atoms with E-state index in [9.17, 15) is 4.79 Å². The molecule has 2 aromatic rings. The van der Waals surface area contributed by atoms with Crippen molar-refractivity contribution in [2.45, 2.75) is 26.7 Å². The van der Waals surface area contributed by atoms with Gasteiger partial charge in [0, 0.05) is 5.69 Å². The van der Waals surface area contributed by atoms with E-state index in [-0.39, 0.29) is 5.91 Å². The Bertz CT molecular complexity index is 604. The van der Waals surface area contributed by atoms with Crippen LogP contribution in [0.1, 0.15) is 40.7 Å². The van der Waals surface area contributed by atoms with Crippen molar-refractivity contribution >= 4 is 28.1 Å². The van der Waals surface area contributed by atoms with E-state index in [1.165, 1.54) is 11.3 Å². The van der Waals surface area contributed by atoms with Crippen molar-refractivity contribution in [1.29, 1.82) is 0 Å². The average Bonchev–Trinajstić information content (AvgIpc) is 2.69. The molecule has 5 heteroatoms. The Kier molecular flexibility index (Phi) is 3.85. The minimum Gasteiger partial charge on any atom is -0.375 e. The Morgan fingerprint density at radius 3 is 2.63 bits per heavy atom. The number of thiazole rings is 1. The first kappa shape index (κ1) is 13.5. The number of nitrogens with one attached hydrogen (secondary N) is 1. The lowest BCUT2D eigenvalue weighted by Crippen LogP contribution is -2.13. The van der Waals surface area contributed by atoms with E-state index in [0.717, 1.165) is 11.3 Å². The first-order valence-electron chi connectivity index (χ1n) is 6.12. The molecule has 3 N–H and O–H groups in total. The number of benzene rings is 1. The van der Waals surface area contributed by atoms with Crippen molar-refractivity contribution in [2.75, 3.05) is 11.1 Å². The number of carbonyl (C=O) groups excluding carboxylic acids is 1. The molecule has 0 spiro atoms. The number of carbonyl (C=O) groups is 1. The summed E-state index contributed by atoms with van der Waals surface area (Å²) in [5.74, 6) is 0.198. The molecule has 0 saturated carbocycles. The van der Waals surface area contributed by atoms with E-state index in [4.69, 9.17) is 5.73 Å². The van der Waals surface area contributed by atoms with Crippen LogP contribution in [0.2, 0.25) is 0 Å². The standard InChI is InChI=1S/C14H17N3OS/c1-8(2)10-6-4-5-7-11(10)17-13(18)12-9(3)16-14(15)19-12/h4-8H,1-3H3,(H2,15,16)(H,17,18). The van der Waals surface area contributed by atoms with Crippen molar-refractivity contribution in [3.8, 4) is 0 Å². The van der Waals surface area contributed by atoms with E-state index >= 15 is 0 Å². The van der Waals surface area contributed by atoms with Gasteiger partial charge in [-0.25, -0.2) is 4.98 Å². The van der Waals surface area contributed by atoms with Gasteiger partial charge >= 0.3 is 0 Å². The van der Waals surface area contributed by atoms with Gasteiger partial charge in [0.05, 0.1) is 5.69 Å². The van der Waals surface area contributed by atoms with E-state index in [1.807, 2.05) is 24.3 Å². The molecule has 1 aromatic carbocycles. The maximum absolute atomic E-state index is 12.2. The molecule has 0 aliphatic heterocycles. The summed E-state index contributed by atoms with van der Waals surface area (Å²) >= 11 is 1.21. The molecule has 0 radical (unpaired) electrons. The lowest BCUT2D eigenvalue weighted by molar-refractivity contribution is 0.102. The number of para-hydroxylation sites is 1. The molecule has 0 bridgehead atoms. The minimum absolute atomic E-state index is 0.153. The SMILES string of the molecule is Cc1nc(N)sc1C(=O)Nc1ccccc1C(C)C. The third kappa shape index (κ3) is 2.93. The van der Waals surface area contributed by atoms with Crippen LogP contribution in [-0.2, 0) is 0 Å². The second-order valence-electron chi connectivity index (χ2n) is 4.66. The molecule has 2 rings (SSSR count). The molecule has 0 atom stereocenters. The van der Waals surface area contributed by atoms with Crippen LogP contribution in [-0.4, -0.2) is 10.9 Å². The van der Waals surface area contributed by atoms with Crippen LogP contribution in [0.5, 0.6) is 0 Å². The highest BCUT2D eigenvalue weighted by molar-refractivity contribution is 7.17. The van der Waals surface area contributed by atoms with Crippen LogP contribution in [0.25, 0.3) is 0 Å². The highest BCUT2D eigenvalue weighted by Gasteiger charge is 2.16. The van der Waals surface area contributed by atoms with Gasteiger partial charge in [0.1, 0.15) is 4.88 Å². The second kappa shape index (κ2) is 5.40. The molecule has 100 valence electrons. The average molecular weight is 275 g/mol. The van der Waals surface area contributed by atoms with E-state index < -0.39 is 0 Å². The highest BCUT2D eigenvalue weighted by atomic mass is 32.1. The third-order valence-corrected chi connectivity index (χ3v) is 3.84. The van der Waals surface area contributed by atoms with Crippen molar-refractivity contribution in [3.05, 3.63) is 40.4 Å². The van der Waals surface area contributed by atoms with Gasteiger partial charge in [-0.05, 0) is 24.5 Å². The number of hydrogen-bond donors (Lipinski definition) is 2. The third-order valence-electron chi connectivity index (χ3n) is 2.85. The number of amides is 1. The van der Waals surface area contributed by atoms with Gasteiger partial charge in [-0.2, -0.15) is 0 Å². The summed E-state index contributed by atoms with van der Waals surface area (Å²) < 4.78 is 0. The van der Waals surface area contributed by atoms with E-state index in [0.29, 0.717) is 21.6 Å². The molecule has 0 saturated heterocycles. The van der Waals surface area contributed by atoms with Gasteiger partial charge in [-0.15, -0.1) is 0 Å².